The molecule has 1 fully saturated rings. The van der Waals surface area contributed by atoms with Crippen LogP contribution in [0.5, 0.6) is 0 Å². The van der Waals surface area contributed by atoms with Gasteiger partial charge in [0.05, 0.1) is 10.9 Å². The minimum Gasteiger partial charge on any atom is -0.335 e. The van der Waals surface area contributed by atoms with Crippen molar-refractivity contribution in [1.82, 2.24) is 20.2 Å². The summed E-state index contributed by atoms with van der Waals surface area (Å²) in [5, 5.41) is 5.51. The summed E-state index contributed by atoms with van der Waals surface area (Å²) in [6.07, 6.45) is 4.07. The van der Waals surface area contributed by atoms with Crippen LogP contribution in [0.15, 0.2) is 29.1 Å². The molecule has 1 saturated carbocycles. The zero-order valence-corrected chi connectivity index (χ0v) is 13.5. The number of carbonyl (C=O) groups is 2. The monoisotopic (exact) mass is 328 g/mol. The predicted octanol–water partition coefficient (Wildman–Crippen LogP) is 1.47. The molecule has 1 heterocycles. The highest BCUT2D eigenvalue weighted by Gasteiger charge is 2.19. The number of rotatable bonds is 3. The molecule has 1 aromatic heterocycles. The Labute approximate surface area is 139 Å². The van der Waals surface area contributed by atoms with Crippen molar-refractivity contribution in [3.05, 3.63) is 40.4 Å². The second-order valence-electron chi connectivity index (χ2n) is 6.07. The molecular weight excluding hydrogens is 308 g/mol. The van der Waals surface area contributed by atoms with Crippen molar-refractivity contribution < 1.29 is 9.59 Å². The van der Waals surface area contributed by atoms with Gasteiger partial charge in [-0.25, -0.2) is 9.78 Å². The highest BCUT2D eigenvalue weighted by atomic mass is 16.2. The van der Waals surface area contributed by atoms with E-state index in [0.717, 1.165) is 25.7 Å². The van der Waals surface area contributed by atoms with Crippen LogP contribution >= 0.6 is 0 Å². The number of benzene rings is 1. The number of hydrogen-bond donors (Lipinski definition) is 2. The zero-order valence-electron chi connectivity index (χ0n) is 13.5. The number of para-hydroxylation sites is 1. The van der Waals surface area contributed by atoms with E-state index in [1.165, 1.54) is 4.57 Å². The molecule has 1 aromatic carbocycles. The maximum absolute atomic E-state index is 12.5. The second-order valence-corrected chi connectivity index (χ2v) is 6.07. The van der Waals surface area contributed by atoms with Crippen molar-refractivity contribution >= 4 is 22.8 Å². The normalized spacial score (nSPS) is 14.7. The Hall–Kier alpha value is -2.70. The molecule has 0 unspecified atom stereocenters. The van der Waals surface area contributed by atoms with Gasteiger partial charge in [-0.1, -0.05) is 25.0 Å². The van der Waals surface area contributed by atoms with Crippen molar-refractivity contribution in [1.29, 1.82) is 0 Å². The summed E-state index contributed by atoms with van der Waals surface area (Å²) in [5.74, 6) is -0.0992. The number of nitrogens with one attached hydrogen (secondary N) is 2. The number of amides is 3. The molecule has 0 bridgehead atoms. The average Bonchev–Trinajstić information content (AvgIpc) is 3.04. The van der Waals surface area contributed by atoms with E-state index in [0.29, 0.717) is 16.7 Å². The lowest BCUT2D eigenvalue weighted by atomic mass is 10.2. The number of nitrogens with zero attached hydrogens (tertiary/aromatic N) is 2. The minimum atomic E-state index is -0.534. The molecule has 2 N–H and O–H groups in total. The van der Waals surface area contributed by atoms with Crippen LogP contribution < -0.4 is 16.2 Å². The summed E-state index contributed by atoms with van der Waals surface area (Å²) >= 11 is 0. The quantitative estimate of drug-likeness (QED) is 0.892. The van der Waals surface area contributed by atoms with Gasteiger partial charge in [0.25, 0.3) is 5.56 Å². The van der Waals surface area contributed by atoms with Crippen LogP contribution in [0.4, 0.5) is 4.79 Å². The molecule has 2 aromatic rings. The van der Waals surface area contributed by atoms with Crippen molar-refractivity contribution in [2.75, 3.05) is 0 Å². The van der Waals surface area contributed by atoms with Crippen molar-refractivity contribution in [3.8, 4) is 0 Å². The van der Waals surface area contributed by atoms with E-state index in [9.17, 15) is 14.4 Å². The van der Waals surface area contributed by atoms with E-state index >= 15 is 0 Å². The molecule has 0 aliphatic heterocycles. The van der Waals surface area contributed by atoms with Gasteiger partial charge in [0.1, 0.15) is 12.4 Å². The molecule has 7 nitrogen and oxygen atoms in total. The summed E-state index contributed by atoms with van der Waals surface area (Å²) in [6, 6.07) is 6.60. The lowest BCUT2D eigenvalue weighted by Gasteiger charge is -2.13. The van der Waals surface area contributed by atoms with Crippen molar-refractivity contribution in [3.63, 3.8) is 0 Å². The second kappa shape index (κ2) is 6.82. The first-order valence-electron chi connectivity index (χ1n) is 8.11. The number of imide groups is 1. The highest BCUT2D eigenvalue weighted by Crippen LogP contribution is 2.17. The molecule has 126 valence electrons. The van der Waals surface area contributed by atoms with Crippen LogP contribution in [-0.4, -0.2) is 27.5 Å². The highest BCUT2D eigenvalue weighted by molar-refractivity contribution is 5.94. The molecule has 24 heavy (non-hydrogen) atoms. The van der Waals surface area contributed by atoms with Crippen LogP contribution in [-0.2, 0) is 11.3 Å². The Kier molecular flexibility index (Phi) is 4.59. The largest absolute Gasteiger partial charge is 0.335 e. The van der Waals surface area contributed by atoms with Gasteiger partial charge in [0, 0.05) is 6.04 Å². The third-order valence-corrected chi connectivity index (χ3v) is 4.30. The number of fused-ring (bicyclic) bond motifs is 1. The molecule has 0 saturated heterocycles. The fourth-order valence-electron chi connectivity index (χ4n) is 3.07. The van der Waals surface area contributed by atoms with E-state index < -0.39 is 11.9 Å². The molecule has 7 heteroatoms. The summed E-state index contributed by atoms with van der Waals surface area (Å²) < 4.78 is 1.28. The minimum absolute atomic E-state index is 0.129. The van der Waals surface area contributed by atoms with Crippen LogP contribution in [0.3, 0.4) is 0 Å². The number of aryl methyl sites for hydroxylation is 1. The molecule has 3 rings (SSSR count). The van der Waals surface area contributed by atoms with Gasteiger partial charge < -0.3 is 5.32 Å². The third kappa shape index (κ3) is 3.45. The van der Waals surface area contributed by atoms with Crippen molar-refractivity contribution in [2.45, 2.75) is 45.2 Å². The van der Waals surface area contributed by atoms with E-state index in [-0.39, 0.29) is 18.1 Å². The molecule has 1 aliphatic carbocycles. The fourth-order valence-corrected chi connectivity index (χ4v) is 3.07. The van der Waals surface area contributed by atoms with Gasteiger partial charge in [-0.3, -0.25) is 19.5 Å². The van der Waals surface area contributed by atoms with E-state index in [1.807, 2.05) is 0 Å². The molecule has 0 atom stereocenters. The smallest absolute Gasteiger partial charge is 0.321 e. The maximum Gasteiger partial charge on any atom is 0.321 e. The van der Waals surface area contributed by atoms with Crippen LogP contribution in [0.2, 0.25) is 0 Å². The fraction of sp³-hybridized carbons (Fsp3) is 0.412. The number of carbonyl (C=O) groups excluding carboxylic acids is 2. The predicted molar refractivity (Wildman–Crippen MR) is 89.7 cm³/mol. The van der Waals surface area contributed by atoms with Gasteiger partial charge in [-0.2, -0.15) is 0 Å². The van der Waals surface area contributed by atoms with Gasteiger partial charge in [0.15, 0.2) is 0 Å². The lowest BCUT2D eigenvalue weighted by Crippen LogP contribution is -2.45. The summed E-state index contributed by atoms with van der Waals surface area (Å²) in [5.41, 5.74) is 0.306. The summed E-state index contributed by atoms with van der Waals surface area (Å²) in [7, 11) is 0. The SMILES string of the molecule is Cc1nc2ccccc2c(=O)n1CC(=O)NC(=O)NC1CCCC1. The first kappa shape index (κ1) is 16.2. The van der Waals surface area contributed by atoms with Crippen molar-refractivity contribution in [2.24, 2.45) is 0 Å². The van der Waals surface area contributed by atoms with Gasteiger partial charge in [0.2, 0.25) is 5.91 Å². The maximum atomic E-state index is 12.5. The van der Waals surface area contributed by atoms with E-state index in [1.54, 1.807) is 31.2 Å². The molecule has 3 amide bonds. The van der Waals surface area contributed by atoms with E-state index in [2.05, 4.69) is 15.6 Å². The topological polar surface area (TPSA) is 93.1 Å². The zero-order chi connectivity index (χ0) is 17.1. The summed E-state index contributed by atoms with van der Waals surface area (Å²) in [6.45, 7) is 1.43. The molecule has 0 radical (unpaired) electrons. The number of hydrogen-bond acceptors (Lipinski definition) is 4. The molecular formula is C17H20N4O3. The number of aromatic nitrogens is 2. The Morgan fingerprint density at radius 3 is 2.71 bits per heavy atom. The first-order chi connectivity index (χ1) is 11.5. The summed E-state index contributed by atoms with van der Waals surface area (Å²) in [4.78, 5) is 40.7. The average molecular weight is 328 g/mol. The Bertz CT molecular complexity index is 837. The number of urea groups is 1. The molecule has 1 aliphatic rings. The van der Waals surface area contributed by atoms with Crippen LogP contribution in [0.25, 0.3) is 10.9 Å². The van der Waals surface area contributed by atoms with Gasteiger partial charge >= 0.3 is 6.03 Å². The molecule has 0 spiro atoms. The Morgan fingerprint density at radius 2 is 1.96 bits per heavy atom. The van der Waals surface area contributed by atoms with Gasteiger partial charge in [-0.05, 0) is 31.9 Å². The lowest BCUT2D eigenvalue weighted by molar-refractivity contribution is -0.120. The third-order valence-electron chi connectivity index (χ3n) is 4.30. The van der Waals surface area contributed by atoms with Crippen LogP contribution in [0.1, 0.15) is 31.5 Å². The Balaban J connectivity index is 1.71. The van der Waals surface area contributed by atoms with Gasteiger partial charge in [-0.15, -0.1) is 0 Å². The standard InChI is InChI=1S/C17H20N4O3/c1-11-18-14-9-5-4-8-13(14)16(23)21(11)10-15(22)20-17(24)19-12-6-2-3-7-12/h4-5,8-9,12H,2-3,6-7,10H2,1H3,(H2,19,20,22,24). The van der Waals surface area contributed by atoms with E-state index in [4.69, 9.17) is 0 Å². The first-order valence-corrected chi connectivity index (χ1v) is 8.11. The Morgan fingerprint density at radius 1 is 1.25 bits per heavy atom. The van der Waals surface area contributed by atoms with Crippen LogP contribution in [0, 0.1) is 6.92 Å².